The van der Waals surface area contributed by atoms with Crippen LogP contribution in [-0.4, -0.2) is 26.4 Å². The van der Waals surface area contributed by atoms with Crippen LogP contribution in [0.5, 0.6) is 0 Å². The Bertz CT molecular complexity index is 963. The average Bonchev–Trinajstić information content (AvgIpc) is 2.67. The summed E-state index contributed by atoms with van der Waals surface area (Å²) in [5.74, 6) is -1.05. The molecular formula is C20H25FN4O4S. The van der Waals surface area contributed by atoms with Gasteiger partial charge in [-0.3, -0.25) is 4.79 Å². The number of urea groups is 1. The van der Waals surface area contributed by atoms with E-state index in [1.165, 1.54) is 12.1 Å². The lowest BCUT2D eigenvalue weighted by molar-refractivity contribution is -0.118. The van der Waals surface area contributed by atoms with E-state index in [-0.39, 0.29) is 18.1 Å². The minimum atomic E-state index is -3.64. The number of sulfonamides is 1. The lowest BCUT2D eigenvalue weighted by Crippen LogP contribution is -2.47. The van der Waals surface area contributed by atoms with Gasteiger partial charge in [-0.1, -0.05) is 37.6 Å². The summed E-state index contributed by atoms with van der Waals surface area (Å²) in [5.41, 5.74) is 1.69. The van der Waals surface area contributed by atoms with Crippen molar-refractivity contribution in [1.82, 2.24) is 10.6 Å². The smallest absolute Gasteiger partial charge is 0.315 e. The fourth-order valence-electron chi connectivity index (χ4n) is 2.70. The maximum Gasteiger partial charge on any atom is 0.315 e. The van der Waals surface area contributed by atoms with Gasteiger partial charge in [-0.15, -0.1) is 0 Å². The Kier molecular flexibility index (Phi) is 8.31. The molecule has 10 heteroatoms. The number of rotatable bonds is 9. The van der Waals surface area contributed by atoms with Crippen LogP contribution in [0.25, 0.3) is 0 Å². The summed E-state index contributed by atoms with van der Waals surface area (Å²) in [4.78, 5) is 24.7. The minimum Gasteiger partial charge on any atom is -0.334 e. The molecule has 0 aromatic heterocycles. The molecule has 0 fully saturated rings. The van der Waals surface area contributed by atoms with Gasteiger partial charge in [0, 0.05) is 12.2 Å². The Morgan fingerprint density at radius 1 is 1.03 bits per heavy atom. The lowest BCUT2D eigenvalue weighted by Gasteiger charge is -2.18. The summed E-state index contributed by atoms with van der Waals surface area (Å²) in [6.07, 6.45) is 1.10. The molecule has 0 heterocycles. The predicted molar refractivity (Wildman–Crippen MR) is 112 cm³/mol. The van der Waals surface area contributed by atoms with Gasteiger partial charge in [0.05, 0.1) is 5.75 Å². The van der Waals surface area contributed by atoms with Gasteiger partial charge >= 0.3 is 6.03 Å². The van der Waals surface area contributed by atoms with Crippen molar-refractivity contribution in [3.63, 3.8) is 0 Å². The van der Waals surface area contributed by atoms with Crippen molar-refractivity contribution in [3.8, 4) is 0 Å². The molecule has 0 spiro atoms. The molecule has 5 N–H and O–H groups in total. The molecule has 1 atom stereocenters. The van der Waals surface area contributed by atoms with E-state index in [1.807, 2.05) is 6.92 Å². The van der Waals surface area contributed by atoms with Crippen LogP contribution < -0.4 is 21.1 Å². The number of benzene rings is 2. The molecule has 0 aliphatic carbocycles. The number of hydrogen-bond donors (Lipinski definition) is 4. The summed E-state index contributed by atoms with van der Waals surface area (Å²) >= 11 is 0. The van der Waals surface area contributed by atoms with Gasteiger partial charge in [-0.25, -0.2) is 22.7 Å². The fourth-order valence-corrected chi connectivity index (χ4v) is 3.35. The molecule has 2 rings (SSSR count). The van der Waals surface area contributed by atoms with E-state index in [1.54, 1.807) is 36.4 Å². The zero-order chi connectivity index (χ0) is 22.1. The van der Waals surface area contributed by atoms with Crippen molar-refractivity contribution in [2.45, 2.75) is 38.1 Å². The lowest BCUT2D eigenvalue weighted by atomic mass is 10.1. The third-order valence-corrected chi connectivity index (χ3v) is 4.89. The number of halogens is 1. The van der Waals surface area contributed by atoms with Crippen LogP contribution in [0, 0.1) is 5.82 Å². The Balaban J connectivity index is 1.91. The minimum absolute atomic E-state index is 0.193. The first kappa shape index (κ1) is 23.3. The van der Waals surface area contributed by atoms with Gasteiger partial charge in [0.15, 0.2) is 0 Å². The highest BCUT2D eigenvalue weighted by Gasteiger charge is 2.20. The molecule has 3 amide bonds. The number of nitrogens with one attached hydrogen (secondary N) is 3. The maximum atomic E-state index is 12.9. The van der Waals surface area contributed by atoms with E-state index >= 15 is 0 Å². The average molecular weight is 437 g/mol. The molecule has 0 aliphatic heterocycles. The van der Waals surface area contributed by atoms with Gasteiger partial charge in [-0.2, -0.15) is 0 Å². The monoisotopic (exact) mass is 436 g/mol. The normalized spacial score (nSPS) is 12.1. The van der Waals surface area contributed by atoms with Crippen molar-refractivity contribution in [2.24, 2.45) is 5.14 Å². The second-order valence-electron chi connectivity index (χ2n) is 6.79. The van der Waals surface area contributed by atoms with Crippen LogP contribution in [0.15, 0.2) is 48.5 Å². The molecule has 162 valence electrons. The number of carbonyl (C=O) groups is 2. The fraction of sp³-hybridized carbons (Fsp3) is 0.300. The summed E-state index contributed by atoms with van der Waals surface area (Å²) in [7, 11) is -3.64. The third-order valence-electron chi connectivity index (χ3n) is 4.15. The van der Waals surface area contributed by atoms with Crippen molar-refractivity contribution in [3.05, 3.63) is 65.5 Å². The zero-order valence-electron chi connectivity index (χ0n) is 16.5. The van der Waals surface area contributed by atoms with Crippen molar-refractivity contribution < 1.29 is 22.4 Å². The molecule has 0 saturated heterocycles. The number of hydrogen-bond acceptors (Lipinski definition) is 4. The van der Waals surface area contributed by atoms with E-state index in [4.69, 9.17) is 5.14 Å². The second-order valence-corrected chi connectivity index (χ2v) is 8.40. The molecule has 1 unspecified atom stereocenters. The summed E-state index contributed by atoms with van der Waals surface area (Å²) in [5, 5.41) is 13.0. The highest BCUT2D eigenvalue weighted by Crippen LogP contribution is 2.12. The van der Waals surface area contributed by atoms with E-state index in [0.29, 0.717) is 24.1 Å². The standard InChI is InChI=1S/C20H25FN4O4S/c1-2-3-18(25-20(27)23-12-14-4-8-16(21)9-5-14)19(26)24-17-10-6-15(7-11-17)13-30(22,28)29/h4-11,18H,2-3,12-13H2,1H3,(H,24,26)(H2,22,28,29)(H2,23,25,27). The highest BCUT2D eigenvalue weighted by atomic mass is 32.2. The van der Waals surface area contributed by atoms with Gasteiger partial charge < -0.3 is 16.0 Å². The molecule has 8 nitrogen and oxygen atoms in total. The SMILES string of the molecule is CCCC(NC(=O)NCc1ccc(F)cc1)C(=O)Nc1ccc(CS(N)(=O)=O)cc1. The van der Waals surface area contributed by atoms with E-state index < -0.39 is 28.0 Å². The molecule has 0 saturated carbocycles. The third kappa shape index (κ3) is 8.18. The van der Waals surface area contributed by atoms with E-state index in [9.17, 15) is 22.4 Å². The second kappa shape index (κ2) is 10.7. The largest absolute Gasteiger partial charge is 0.334 e. The van der Waals surface area contributed by atoms with Crippen LogP contribution in [-0.2, 0) is 27.1 Å². The van der Waals surface area contributed by atoms with Crippen LogP contribution in [0.2, 0.25) is 0 Å². The Hall–Kier alpha value is -2.98. The molecule has 0 aliphatic rings. The molecule has 0 radical (unpaired) electrons. The Morgan fingerprint density at radius 2 is 1.63 bits per heavy atom. The van der Waals surface area contributed by atoms with Crippen LogP contribution in [0.1, 0.15) is 30.9 Å². The number of nitrogens with two attached hydrogens (primary N) is 1. The van der Waals surface area contributed by atoms with Crippen molar-refractivity contribution in [2.75, 3.05) is 5.32 Å². The Morgan fingerprint density at radius 3 is 2.20 bits per heavy atom. The summed E-state index contributed by atoms with van der Waals surface area (Å²) in [6.45, 7) is 2.08. The van der Waals surface area contributed by atoms with Crippen LogP contribution in [0.3, 0.4) is 0 Å². The molecular weight excluding hydrogens is 411 g/mol. The zero-order valence-corrected chi connectivity index (χ0v) is 17.3. The van der Waals surface area contributed by atoms with Crippen molar-refractivity contribution >= 4 is 27.6 Å². The molecule has 2 aromatic carbocycles. The van der Waals surface area contributed by atoms with Gasteiger partial charge in [-0.05, 0) is 41.8 Å². The van der Waals surface area contributed by atoms with E-state index in [0.717, 1.165) is 5.56 Å². The maximum absolute atomic E-state index is 12.9. The van der Waals surface area contributed by atoms with Crippen LogP contribution >= 0.6 is 0 Å². The molecule has 30 heavy (non-hydrogen) atoms. The summed E-state index contributed by atoms with van der Waals surface area (Å²) in [6, 6.07) is 10.7. The highest BCUT2D eigenvalue weighted by molar-refractivity contribution is 7.88. The number of primary sulfonamides is 1. The molecule has 0 bridgehead atoms. The van der Waals surface area contributed by atoms with Gasteiger partial charge in [0.2, 0.25) is 15.9 Å². The quantitative estimate of drug-likeness (QED) is 0.480. The topological polar surface area (TPSA) is 130 Å². The first-order valence-electron chi connectivity index (χ1n) is 9.35. The van der Waals surface area contributed by atoms with Crippen LogP contribution in [0.4, 0.5) is 14.9 Å². The van der Waals surface area contributed by atoms with Gasteiger partial charge in [0.1, 0.15) is 11.9 Å². The van der Waals surface area contributed by atoms with E-state index in [2.05, 4.69) is 16.0 Å². The number of anilines is 1. The molecule has 2 aromatic rings. The predicted octanol–water partition coefficient (Wildman–Crippen LogP) is 2.22. The number of carbonyl (C=O) groups excluding carboxylic acids is 2. The first-order valence-corrected chi connectivity index (χ1v) is 11.1. The number of amides is 3. The summed E-state index contributed by atoms with van der Waals surface area (Å²) < 4.78 is 35.2. The van der Waals surface area contributed by atoms with Crippen molar-refractivity contribution in [1.29, 1.82) is 0 Å². The first-order chi connectivity index (χ1) is 14.2. The Labute approximate surface area is 175 Å². The van der Waals surface area contributed by atoms with Gasteiger partial charge in [0.25, 0.3) is 0 Å².